The molecule has 0 heterocycles. The van der Waals surface area contributed by atoms with Crippen molar-refractivity contribution in [3.63, 3.8) is 0 Å². The highest BCUT2D eigenvalue weighted by Gasteiger charge is 2.15. The van der Waals surface area contributed by atoms with Crippen LogP contribution in [0.15, 0.2) is 0 Å². The molecule has 0 radical (unpaired) electrons. The molecule has 0 fully saturated rings. The van der Waals surface area contributed by atoms with Gasteiger partial charge < -0.3 is 10.1 Å². The van der Waals surface area contributed by atoms with Gasteiger partial charge in [0.2, 0.25) is 5.91 Å². The molecule has 0 aromatic rings. The molecule has 1 amide bonds. The van der Waals surface area contributed by atoms with Gasteiger partial charge in [-0.25, -0.2) is 0 Å². The summed E-state index contributed by atoms with van der Waals surface area (Å²) in [5.41, 5.74) is 0. The molecule has 0 aliphatic carbocycles. The molecule has 0 atom stereocenters. The standard InChI is InChI=1S/C12H25NO2/c1-4-7-11(8-5-2)12(14)13-9-6-10-15-3/h11H,4-10H2,1-3H3,(H,13,14). The fourth-order valence-electron chi connectivity index (χ4n) is 1.68. The second kappa shape index (κ2) is 9.97. The van der Waals surface area contributed by atoms with E-state index in [0.29, 0.717) is 6.61 Å². The lowest BCUT2D eigenvalue weighted by molar-refractivity contribution is -0.125. The van der Waals surface area contributed by atoms with E-state index in [1.807, 2.05) is 0 Å². The summed E-state index contributed by atoms with van der Waals surface area (Å²) in [6.07, 6.45) is 5.06. The molecule has 0 bridgehead atoms. The van der Waals surface area contributed by atoms with Gasteiger partial charge >= 0.3 is 0 Å². The van der Waals surface area contributed by atoms with Crippen LogP contribution in [0.3, 0.4) is 0 Å². The zero-order chi connectivity index (χ0) is 11.5. The number of hydrogen-bond donors (Lipinski definition) is 1. The number of nitrogens with one attached hydrogen (secondary N) is 1. The number of rotatable bonds is 9. The maximum absolute atomic E-state index is 11.7. The smallest absolute Gasteiger partial charge is 0.223 e. The second-order valence-electron chi connectivity index (χ2n) is 3.91. The molecular formula is C12H25NO2. The fourth-order valence-corrected chi connectivity index (χ4v) is 1.68. The minimum atomic E-state index is 0.211. The van der Waals surface area contributed by atoms with Crippen LogP contribution in [0.4, 0.5) is 0 Å². The molecule has 90 valence electrons. The van der Waals surface area contributed by atoms with Crippen LogP contribution in [-0.4, -0.2) is 26.2 Å². The van der Waals surface area contributed by atoms with Gasteiger partial charge in [-0.15, -0.1) is 0 Å². The predicted octanol–water partition coefficient (Wildman–Crippen LogP) is 2.36. The number of ether oxygens (including phenoxy) is 1. The predicted molar refractivity (Wildman–Crippen MR) is 62.8 cm³/mol. The highest BCUT2D eigenvalue weighted by molar-refractivity contribution is 5.78. The van der Waals surface area contributed by atoms with Gasteiger partial charge in [0.05, 0.1) is 0 Å². The molecule has 0 aromatic carbocycles. The molecule has 0 rings (SSSR count). The van der Waals surface area contributed by atoms with Crippen molar-refractivity contribution in [2.75, 3.05) is 20.3 Å². The first-order valence-corrected chi connectivity index (χ1v) is 6.02. The Morgan fingerprint density at radius 2 is 1.87 bits per heavy atom. The molecule has 0 aliphatic heterocycles. The molecule has 0 unspecified atom stereocenters. The van der Waals surface area contributed by atoms with Crippen molar-refractivity contribution >= 4 is 5.91 Å². The number of amides is 1. The van der Waals surface area contributed by atoms with Crippen LogP contribution in [0.5, 0.6) is 0 Å². The minimum absolute atomic E-state index is 0.211. The van der Waals surface area contributed by atoms with Crippen LogP contribution in [0, 0.1) is 5.92 Å². The first-order valence-electron chi connectivity index (χ1n) is 6.02. The van der Waals surface area contributed by atoms with Gasteiger partial charge in [-0.3, -0.25) is 4.79 Å². The molecule has 15 heavy (non-hydrogen) atoms. The normalized spacial score (nSPS) is 10.7. The van der Waals surface area contributed by atoms with E-state index in [2.05, 4.69) is 19.2 Å². The largest absolute Gasteiger partial charge is 0.385 e. The number of carbonyl (C=O) groups is 1. The van der Waals surface area contributed by atoms with Gasteiger partial charge in [0, 0.05) is 26.2 Å². The van der Waals surface area contributed by atoms with Crippen LogP contribution in [-0.2, 0) is 9.53 Å². The fraction of sp³-hybridized carbons (Fsp3) is 0.917. The van der Waals surface area contributed by atoms with E-state index in [1.54, 1.807) is 7.11 Å². The van der Waals surface area contributed by atoms with Crippen molar-refractivity contribution < 1.29 is 9.53 Å². The Bertz CT molecular complexity index is 154. The molecule has 1 N–H and O–H groups in total. The summed E-state index contributed by atoms with van der Waals surface area (Å²) in [4.78, 5) is 11.7. The average molecular weight is 215 g/mol. The van der Waals surface area contributed by atoms with Crippen LogP contribution < -0.4 is 5.32 Å². The van der Waals surface area contributed by atoms with E-state index in [0.717, 1.165) is 38.6 Å². The molecule has 0 aromatic heterocycles. The van der Waals surface area contributed by atoms with Crippen LogP contribution in [0.25, 0.3) is 0 Å². The third-order valence-corrected chi connectivity index (χ3v) is 2.47. The van der Waals surface area contributed by atoms with E-state index in [1.165, 1.54) is 0 Å². The molecular weight excluding hydrogens is 190 g/mol. The Balaban J connectivity index is 3.70. The Morgan fingerprint density at radius 1 is 1.27 bits per heavy atom. The third-order valence-electron chi connectivity index (χ3n) is 2.47. The molecule has 0 saturated heterocycles. The summed E-state index contributed by atoms with van der Waals surface area (Å²) in [5.74, 6) is 0.428. The van der Waals surface area contributed by atoms with Crippen molar-refractivity contribution in [3.05, 3.63) is 0 Å². The van der Waals surface area contributed by atoms with Gasteiger partial charge in [0.1, 0.15) is 0 Å². The molecule has 3 nitrogen and oxygen atoms in total. The van der Waals surface area contributed by atoms with Crippen molar-refractivity contribution in [2.24, 2.45) is 5.92 Å². The van der Waals surface area contributed by atoms with E-state index >= 15 is 0 Å². The highest BCUT2D eigenvalue weighted by atomic mass is 16.5. The van der Waals surface area contributed by atoms with Gasteiger partial charge in [0.25, 0.3) is 0 Å². The summed E-state index contributed by atoms with van der Waals surface area (Å²) in [6, 6.07) is 0. The van der Waals surface area contributed by atoms with Crippen molar-refractivity contribution in [1.82, 2.24) is 5.32 Å². The van der Waals surface area contributed by atoms with Crippen molar-refractivity contribution in [3.8, 4) is 0 Å². The average Bonchev–Trinajstić information content (AvgIpc) is 2.24. The van der Waals surface area contributed by atoms with Crippen LogP contribution >= 0.6 is 0 Å². The van der Waals surface area contributed by atoms with Gasteiger partial charge in [-0.1, -0.05) is 26.7 Å². The Hall–Kier alpha value is -0.570. The molecule has 0 aliphatic rings. The first kappa shape index (κ1) is 14.4. The lowest BCUT2D eigenvalue weighted by atomic mass is 9.97. The SMILES string of the molecule is CCCC(CCC)C(=O)NCCCOC. The Morgan fingerprint density at radius 3 is 2.33 bits per heavy atom. The van der Waals surface area contributed by atoms with E-state index < -0.39 is 0 Å². The Kier molecular flexibility index (Phi) is 9.59. The summed E-state index contributed by atoms with van der Waals surface area (Å²) in [6.45, 7) is 5.70. The topological polar surface area (TPSA) is 38.3 Å². The summed E-state index contributed by atoms with van der Waals surface area (Å²) in [7, 11) is 1.68. The third kappa shape index (κ3) is 7.37. The maximum atomic E-state index is 11.7. The van der Waals surface area contributed by atoms with Gasteiger partial charge in [-0.2, -0.15) is 0 Å². The maximum Gasteiger partial charge on any atom is 0.223 e. The van der Waals surface area contributed by atoms with E-state index in [-0.39, 0.29) is 11.8 Å². The summed E-state index contributed by atoms with van der Waals surface area (Å²) < 4.78 is 4.93. The monoisotopic (exact) mass is 215 g/mol. The summed E-state index contributed by atoms with van der Waals surface area (Å²) >= 11 is 0. The summed E-state index contributed by atoms with van der Waals surface area (Å²) in [5, 5.41) is 2.97. The quantitative estimate of drug-likeness (QED) is 0.600. The van der Waals surface area contributed by atoms with Gasteiger partial charge in [-0.05, 0) is 19.3 Å². The van der Waals surface area contributed by atoms with Crippen LogP contribution in [0.1, 0.15) is 46.0 Å². The number of methoxy groups -OCH3 is 1. The van der Waals surface area contributed by atoms with Crippen molar-refractivity contribution in [1.29, 1.82) is 0 Å². The number of carbonyl (C=O) groups excluding carboxylic acids is 1. The minimum Gasteiger partial charge on any atom is -0.385 e. The lowest BCUT2D eigenvalue weighted by Gasteiger charge is -2.14. The van der Waals surface area contributed by atoms with Crippen LogP contribution in [0.2, 0.25) is 0 Å². The zero-order valence-electron chi connectivity index (χ0n) is 10.3. The van der Waals surface area contributed by atoms with Gasteiger partial charge in [0.15, 0.2) is 0 Å². The molecule has 3 heteroatoms. The molecule has 0 saturated carbocycles. The zero-order valence-corrected chi connectivity index (χ0v) is 10.3. The van der Waals surface area contributed by atoms with E-state index in [9.17, 15) is 4.79 Å². The van der Waals surface area contributed by atoms with E-state index in [4.69, 9.17) is 4.74 Å². The molecule has 0 spiro atoms. The lowest BCUT2D eigenvalue weighted by Crippen LogP contribution is -2.31. The van der Waals surface area contributed by atoms with Crippen molar-refractivity contribution in [2.45, 2.75) is 46.0 Å². The number of hydrogen-bond acceptors (Lipinski definition) is 2. The Labute approximate surface area is 93.6 Å². The highest BCUT2D eigenvalue weighted by Crippen LogP contribution is 2.13. The first-order chi connectivity index (χ1) is 7.26. The second-order valence-corrected chi connectivity index (χ2v) is 3.91.